The molecule has 0 amide bonds. The molecule has 0 saturated heterocycles. The summed E-state index contributed by atoms with van der Waals surface area (Å²) in [5.41, 5.74) is 2.47. The molecule has 0 radical (unpaired) electrons. The maximum absolute atomic E-state index is 6.21. The number of halogens is 1. The molecule has 1 aromatic rings. The summed E-state index contributed by atoms with van der Waals surface area (Å²) in [5.74, 6) is 0.786. The van der Waals surface area contributed by atoms with Gasteiger partial charge in [-0.1, -0.05) is 57.3 Å². The van der Waals surface area contributed by atoms with E-state index in [4.69, 9.17) is 11.6 Å². The van der Waals surface area contributed by atoms with Crippen molar-refractivity contribution in [3.05, 3.63) is 34.3 Å². The Bertz CT molecular complexity index is 360. The van der Waals surface area contributed by atoms with Gasteiger partial charge in [0.1, 0.15) is 0 Å². The summed E-state index contributed by atoms with van der Waals surface area (Å²) in [5, 5.41) is 4.43. The highest BCUT2D eigenvalue weighted by atomic mass is 35.5. The van der Waals surface area contributed by atoms with Crippen LogP contribution in [-0.4, -0.2) is 6.54 Å². The van der Waals surface area contributed by atoms with Crippen molar-refractivity contribution in [2.45, 2.75) is 53.0 Å². The molecule has 0 fully saturated rings. The molecule has 0 bridgehead atoms. The van der Waals surface area contributed by atoms with Crippen LogP contribution in [0.3, 0.4) is 0 Å². The van der Waals surface area contributed by atoms with Crippen molar-refractivity contribution >= 4 is 11.6 Å². The third kappa shape index (κ3) is 4.99. The molecule has 0 saturated carbocycles. The fourth-order valence-corrected chi connectivity index (χ4v) is 2.38. The first-order valence-electron chi connectivity index (χ1n) is 7.04. The average Bonchev–Trinajstić information content (AvgIpc) is 2.31. The minimum Gasteiger partial charge on any atom is -0.310 e. The molecule has 0 spiro atoms. The predicted octanol–water partition coefficient (Wildman–Crippen LogP) is 5.13. The van der Waals surface area contributed by atoms with Crippen LogP contribution in [0.25, 0.3) is 0 Å². The first kappa shape index (κ1) is 15.5. The van der Waals surface area contributed by atoms with Gasteiger partial charge in [0.2, 0.25) is 0 Å². The van der Waals surface area contributed by atoms with E-state index in [1.807, 2.05) is 6.92 Å². The molecule has 1 nitrogen and oxygen atoms in total. The van der Waals surface area contributed by atoms with Crippen LogP contribution >= 0.6 is 11.6 Å². The third-order valence-electron chi connectivity index (χ3n) is 3.32. The lowest BCUT2D eigenvalue weighted by Crippen LogP contribution is -2.21. The Balaban J connectivity index is 2.67. The highest BCUT2D eigenvalue weighted by molar-refractivity contribution is 6.31. The van der Waals surface area contributed by atoms with Crippen LogP contribution in [0.2, 0.25) is 5.02 Å². The number of rotatable bonds is 7. The Hall–Kier alpha value is -0.530. The minimum absolute atomic E-state index is 0.437. The van der Waals surface area contributed by atoms with Gasteiger partial charge in [0.25, 0.3) is 0 Å². The van der Waals surface area contributed by atoms with Crippen molar-refractivity contribution in [3.63, 3.8) is 0 Å². The maximum atomic E-state index is 6.21. The molecule has 1 unspecified atom stereocenters. The summed E-state index contributed by atoms with van der Waals surface area (Å²) >= 11 is 6.21. The number of aryl methyl sites for hydroxylation is 1. The van der Waals surface area contributed by atoms with E-state index < -0.39 is 0 Å². The smallest absolute Gasteiger partial charge is 0.0438 e. The SMILES string of the molecule is CCNC(CCCC(C)C)c1ccc(C)c(Cl)c1. The van der Waals surface area contributed by atoms with E-state index >= 15 is 0 Å². The van der Waals surface area contributed by atoms with Gasteiger partial charge in [0.15, 0.2) is 0 Å². The molecule has 1 rings (SSSR count). The topological polar surface area (TPSA) is 12.0 Å². The Labute approximate surface area is 117 Å². The summed E-state index contributed by atoms with van der Waals surface area (Å²) in [6.45, 7) is 9.77. The van der Waals surface area contributed by atoms with Crippen LogP contribution < -0.4 is 5.32 Å². The van der Waals surface area contributed by atoms with Gasteiger partial charge in [-0.2, -0.15) is 0 Å². The van der Waals surface area contributed by atoms with E-state index in [1.165, 1.54) is 24.8 Å². The van der Waals surface area contributed by atoms with Crippen molar-refractivity contribution in [1.82, 2.24) is 5.32 Å². The zero-order valence-corrected chi connectivity index (χ0v) is 12.8. The molecular formula is C16H26ClN. The quantitative estimate of drug-likeness (QED) is 0.723. The molecule has 102 valence electrons. The second kappa shape index (κ2) is 7.81. The van der Waals surface area contributed by atoms with Gasteiger partial charge in [0, 0.05) is 11.1 Å². The van der Waals surface area contributed by atoms with E-state index in [1.54, 1.807) is 0 Å². The summed E-state index contributed by atoms with van der Waals surface area (Å²) in [6, 6.07) is 6.86. The lowest BCUT2D eigenvalue weighted by molar-refractivity contribution is 0.455. The second-order valence-corrected chi connectivity index (χ2v) is 5.85. The molecule has 1 aromatic carbocycles. The molecular weight excluding hydrogens is 242 g/mol. The van der Waals surface area contributed by atoms with Crippen LogP contribution in [0.15, 0.2) is 18.2 Å². The molecule has 0 heterocycles. The zero-order chi connectivity index (χ0) is 13.5. The number of hydrogen-bond donors (Lipinski definition) is 1. The summed E-state index contributed by atoms with van der Waals surface area (Å²) < 4.78 is 0. The van der Waals surface area contributed by atoms with Crippen LogP contribution in [0.4, 0.5) is 0 Å². The monoisotopic (exact) mass is 267 g/mol. The van der Waals surface area contributed by atoms with Gasteiger partial charge in [0.05, 0.1) is 0 Å². The number of benzene rings is 1. The Morgan fingerprint density at radius 1 is 1.22 bits per heavy atom. The largest absolute Gasteiger partial charge is 0.310 e. The maximum Gasteiger partial charge on any atom is 0.0438 e. The number of hydrogen-bond acceptors (Lipinski definition) is 1. The molecule has 1 N–H and O–H groups in total. The van der Waals surface area contributed by atoms with E-state index in [2.05, 4.69) is 44.3 Å². The van der Waals surface area contributed by atoms with Crippen LogP contribution in [0, 0.1) is 12.8 Å². The molecule has 1 atom stereocenters. The van der Waals surface area contributed by atoms with Crippen molar-refractivity contribution < 1.29 is 0 Å². The lowest BCUT2D eigenvalue weighted by atomic mass is 9.97. The van der Waals surface area contributed by atoms with Gasteiger partial charge in [-0.15, -0.1) is 0 Å². The zero-order valence-electron chi connectivity index (χ0n) is 12.1. The van der Waals surface area contributed by atoms with Gasteiger partial charge >= 0.3 is 0 Å². The molecule has 0 aliphatic carbocycles. The molecule has 0 aromatic heterocycles. The van der Waals surface area contributed by atoms with Crippen molar-refractivity contribution in [2.75, 3.05) is 6.54 Å². The van der Waals surface area contributed by atoms with Gasteiger partial charge < -0.3 is 5.32 Å². The highest BCUT2D eigenvalue weighted by Crippen LogP contribution is 2.25. The Morgan fingerprint density at radius 2 is 1.94 bits per heavy atom. The molecule has 0 aliphatic rings. The Morgan fingerprint density at radius 3 is 2.50 bits per heavy atom. The van der Waals surface area contributed by atoms with E-state index in [9.17, 15) is 0 Å². The van der Waals surface area contributed by atoms with Crippen LogP contribution in [0.1, 0.15) is 57.2 Å². The van der Waals surface area contributed by atoms with E-state index in [0.717, 1.165) is 23.0 Å². The standard InChI is InChI=1S/C16H26ClN/c1-5-18-16(8-6-7-12(2)3)14-10-9-13(4)15(17)11-14/h9-12,16,18H,5-8H2,1-4H3. The first-order valence-corrected chi connectivity index (χ1v) is 7.41. The highest BCUT2D eigenvalue weighted by Gasteiger charge is 2.11. The predicted molar refractivity (Wildman–Crippen MR) is 81.3 cm³/mol. The van der Waals surface area contributed by atoms with Gasteiger partial charge in [-0.3, -0.25) is 0 Å². The minimum atomic E-state index is 0.437. The van der Waals surface area contributed by atoms with Crippen molar-refractivity contribution in [3.8, 4) is 0 Å². The summed E-state index contributed by atoms with van der Waals surface area (Å²) in [6.07, 6.45) is 3.74. The third-order valence-corrected chi connectivity index (χ3v) is 3.73. The number of nitrogens with one attached hydrogen (secondary N) is 1. The van der Waals surface area contributed by atoms with E-state index in [-0.39, 0.29) is 0 Å². The van der Waals surface area contributed by atoms with E-state index in [0.29, 0.717) is 6.04 Å². The average molecular weight is 268 g/mol. The Kier molecular flexibility index (Phi) is 6.73. The molecule has 2 heteroatoms. The van der Waals surface area contributed by atoms with Crippen molar-refractivity contribution in [2.24, 2.45) is 5.92 Å². The van der Waals surface area contributed by atoms with Crippen LogP contribution in [-0.2, 0) is 0 Å². The van der Waals surface area contributed by atoms with Crippen molar-refractivity contribution in [1.29, 1.82) is 0 Å². The fraction of sp³-hybridized carbons (Fsp3) is 0.625. The van der Waals surface area contributed by atoms with Gasteiger partial charge in [-0.25, -0.2) is 0 Å². The van der Waals surface area contributed by atoms with Gasteiger partial charge in [-0.05, 0) is 43.0 Å². The van der Waals surface area contributed by atoms with Crippen LogP contribution in [0.5, 0.6) is 0 Å². The normalized spacial score (nSPS) is 13.0. The molecule has 0 aliphatic heterocycles. The fourth-order valence-electron chi connectivity index (χ4n) is 2.19. The lowest BCUT2D eigenvalue weighted by Gasteiger charge is -2.19. The first-order chi connectivity index (χ1) is 8.54. The second-order valence-electron chi connectivity index (χ2n) is 5.44. The summed E-state index contributed by atoms with van der Waals surface area (Å²) in [7, 11) is 0. The molecule has 18 heavy (non-hydrogen) atoms. The summed E-state index contributed by atoms with van der Waals surface area (Å²) in [4.78, 5) is 0.